The number of rotatable bonds is 2. The van der Waals surface area contributed by atoms with Gasteiger partial charge in [0.05, 0.1) is 7.11 Å². The predicted molar refractivity (Wildman–Crippen MR) is 58.9 cm³/mol. The fraction of sp³-hybridized carbons (Fsp3) is 0.0909. The second kappa shape index (κ2) is 5.06. The van der Waals surface area contributed by atoms with Crippen molar-refractivity contribution in [1.82, 2.24) is 0 Å². The van der Waals surface area contributed by atoms with Gasteiger partial charge >= 0.3 is 0 Å². The molecule has 0 aromatic heterocycles. The van der Waals surface area contributed by atoms with E-state index in [1.807, 2.05) is 0 Å². The number of aromatic hydroxyl groups is 1. The minimum absolute atomic E-state index is 0.0477. The maximum Gasteiger partial charge on any atom is 0.145 e. The second-order valence-corrected chi connectivity index (χ2v) is 3.18. The Balaban J connectivity index is 3.30. The van der Waals surface area contributed by atoms with E-state index in [1.54, 1.807) is 18.2 Å². The van der Waals surface area contributed by atoms with Crippen LogP contribution in [0.2, 0.25) is 5.02 Å². The fourth-order valence-corrected chi connectivity index (χ4v) is 1.33. The van der Waals surface area contributed by atoms with Crippen molar-refractivity contribution in [3.05, 3.63) is 28.3 Å². The van der Waals surface area contributed by atoms with Crippen LogP contribution in [-0.2, 0) is 0 Å². The molecule has 1 rings (SSSR count). The molecular formula is C11H7ClN2O2. The maximum atomic E-state index is 9.67. The number of phenolic OH excluding ortho intramolecular Hbond substituents is 1. The first-order valence-corrected chi connectivity index (χ1v) is 4.59. The number of phenols is 1. The highest BCUT2D eigenvalue weighted by atomic mass is 35.5. The van der Waals surface area contributed by atoms with E-state index in [9.17, 15) is 5.11 Å². The molecule has 0 heterocycles. The van der Waals surface area contributed by atoms with E-state index in [-0.39, 0.29) is 16.3 Å². The fourth-order valence-electron chi connectivity index (χ4n) is 1.08. The lowest BCUT2D eigenvalue weighted by atomic mass is 10.1. The van der Waals surface area contributed by atoms with E-state index < -0.39 is 0 Å². The summed E-state index contributed by atoms with van der Waals surface area (Å²) < 4.78 is 4.90. The summed E-state index contributed by atoms with van der Waals surface area (Å²) in [5, 5.41) is 26.9. The van der Waals surface area contributed by atoms with E-state index in [0.717, 1.165) is 0 Å². The van der Waals surface area contributed by atoms with Gasteiger partial charge in [-0.15, -0.1) is 0 Å². The first-order valence-electron chi connectivity index (χ1n) is 4.21. The van der Waals surface area contributed by atoms with Crippen LogP contribution in [0.25, 0.3) is 6.08 Å². The van der Waals surface area contributed by atoms with Gasteiger partial charge in [0.15, 0.2) is 0 Å². The average molecular weight is 235 g/mol. The third-order valence-corrected chi connectivity index (χ3v) is 2.24. The first kappa shape index (κ1) is 11.9. The number of hydrogen-bond acceptors (Lipinski definition) is 4. The van der Waals surface area contributed by atoms with Crippen LogP contribution in [0.5, 0.6) is 11.5 Å². The molecule has 0 atom stereocenters. The van der Waals surface area contributed by atoms with Gasteiger partial charge in [0, 0.05) is 5.56 Å². The molecule has 4 nitrogen and oxygen atoms in total. The zero-order valence-electron chi connectivity index (χ0n) is 8.36. The second-order valence-electron chi connectivity index (χ2n) is 2.80. The third kappa shape index (κ3) is 2.25. The zero-order chi connectivity index (χ0) is 12.1. The molecule has 0 fully saturated rings. The van der Waals surface area contributed by atoms with Crippen LogP contribution in [0, 0.1) is 22.7 Å². The third-order valence-electron chi connectivity index (χ3n) is 1.87. The van der Waals surface area contributed by atoms with Gasteiger partial charge in [-0.1, -0.05) is 11.6 Å². The van der Waals surface area contributed by atoms with Crippen LogP contribution in [0.1, 0.15) is 5.56 Å². The minimum Gasteiger partial charge on any atom is -0.506 e. The largest absolute Gasteiger partial charge is 0.506 e. The van der Waals surface area contributed by atoms with Gasteiger partial charge in [0.1, 0.15) is 34.2 Å². The SMILES string of the molecule is COc1ccc(C=C(C#N)C#N)c(O)c1Cl. The van der Waals surface area contributed by atoms with Gasteiger partial charge < -0.3 is 9.84 Å². The van der Waals surface area contributed by atoms with Crippen LogP contribution >= 0.6 is 11.6 Å². The summed E-state index contributed by atoms with van der Waals surface area (Å²) in [5.41, 5.74) is 0.181. The Hall–Kier alpha value is -2.17. The molecule has 0 aliphatic heterocycles. The molecule has 0 aliphatic rings. The lowest BCUT2D eigenvalue weighted by Gasteiger charge is -2.06. The maximum absolute atomic E-state index is 9.67. The van der Waals surface area contributed by atoms with Crippen molar-refractivity contribution < 1.29 is 9.84 Å². The molecule has 1 aromatic carbocycles. The van der Waals surface area contributed by atoms with Crippen molar-refractivity contribution in [3.8, 4) is 23.6 Å². The van der Waals surface area contributed by atoms with E-state index in [2.05, 4.69) is 0 Å². The van der Waals surface area contributed by atoms with Crippen LogP contribution in [0.15, 0.2) is 17.7 Å². The summed E-state index contributed by atoms with van der Waals surface area (Å²) in [6, 6.07) is 6.43. The Bertz CT molecular complexity index is 508. The van der Waals surface area contributed by atoms with Crippen LogP contribution < -0.4 is 4.74 Å². The average Bonchev–Trinajstić information content (AvgIpc) is 2.31. The normalized spacial score (nSPS) is 8.75. The van der Waals surface area contributed by atoms with Gasteiger partial charge in [-0.2, -0.15) is 10.5 Å². The molecule has 0 aliphatic carbocycles. The molecule has 5 heteroatoms. The number of nitriles is 2. The number of benzene rings is 1. The molecule has 0 amide bonds. The van der Waals surface area contributed by atoms with Crippen molar-refractivity contribution in [3.63, 3.8) is 0 Å². The standard InChI is InChI=1S/C11H7ClN2O2/c1-16-9-3-2-8(11(15)10(9)12)4-7(5-13)6-14/h2-4,15H,1H3. The van der Waals surface area contributed by atoms with Crippen LogP contribution in [0.4, 0.5) is 0 Å². The Kier molecular flexibility index (Phi) is 3.77. The number of methoxy groups -OCH3 is 1. The van der Waals surface area contributed by atoms with Crippen molar-refractivity contribution in [2.75, 3.05) is 7.11 Å². The van der Waals surface area contributed by atoms with E-state index >= 15 is 0 Å². The Morgan fingerprint density at radius 3 is 2.56 bits per heavy atom. The molecule has 0 unspecified atom stereocenters. The van der Waals surface area contributed by atoms with E-state index in [0.29, 0.717) is 11.3 Å². The molecule has 0 bridgehead atoms. The summed E-state index contributed by atoms with van der Waals surface area (Å²) >= 11 is 5.80. The van der Waals surface area contributed by atoms with Crippen LogP contribution in [0.3, 0.4) is 0 Å². The summed E-state index contributed by atoms with van der Waals surface area (Å²) in [5.74, 6) is 0.107. The molecule has 0 radical (unpaired) electrons. The highest BCUT2D eigenvalue weighted by Gasteiger charge is 2.10. The monoisotopic (exact) mass is 234 g/mol. The lowest BCUT2D eigenvalue weighted by Crippen LogP contribution is -1.86. The highest BCUT2D eigenvalue weighted by molar-refractivity contribution is 6.33. The number of allylic oxidation sites excluding steroid dienone is 1. The van der Waals surface area contributed by atoms with Gasteiger partial charge in [0.2, 0.25) is 0 Å². The van der Waals surface area contributed by atoms with Crippen molar-refractivity contribution in [2.45, 2.75) is 0 Å². The van der Waals surface area contributed by atoms with Crippen molar-refractivity contribution >= 4 is 17.7 Å². The molecule has 1 N–H and O–H groups in total. The van der Waals surface area contributed by atoms with Crippen molar-refractivity contribution in [2.24, 2.45) is 0 Å². The number of ether oxygens (including phenoxy) is 1. The highest BCUT2D eigenvalue weighted by Crippen LogP contribution is 2.36. The summed E-state index contributed by atoms with van der Waals surface area (Å²) in [6.45, 7) is 0. The number of halogens is 1. The van der Waals surface area contributed by atoms with E-state index in [4.69, 9.17) is 26.9 Å². The Labute approximate surface area is 97.6 Å². The lowest BCUT2D eigenvalue weighted by molar-refractivity contribution is 0.408. The first-order chi connectivity index (χ1) is 7.63. The quantitative estimate of drug-likeness (QED) is 0.798. The van der Waals surface area contributed by atoms with Gasteiger partial charge in [-0.3, -0.25) is 0 Å². The molecule has 1 aromatic rings. The smallest absolute Gasteiger partial charge is 0.145 e. The Morgan fingerprint density at radius 2 is 2.06 bits per heavy atom. The molecule has 80 valence electrons. The van der Waals surface area contributed by atoms with Gasteiger partial charge in [-0.25, -0.2) is 0 Å². The number of hydrogen-bond donors (Lipinski definition) is 1. The minimum atomic E-state index is -0.219. The van der Waals surface area contributed by atoms with Crippen molar-refractivity contribution in [1.29, 1.82) is 10.5 Å². The molecular weight excluding hydrogens is 228 g/mol. The summed E-state index contributed by atoms with van der Waals surface area (Å²) in [4.78, 5) is 0. The molecule has 0 saturated heterocycles. The molecule has 0 saturated carbocycles. The van der Waals surface area contributed by atoms with E-state index in [1.165, 1.54) is 19.3 Å². The predicted octanol–water partition coefficient (Wildman–Crippen LogP) is 2.48. The summed E-state index contributed by atoms with van der Waals surface area (Å²) in [6.07, 6.45) is 1.25. The zero-order valence-corrected chi connectivity index (χ0v) is 9.12. The van der Waals surface area contributed by atoms with Gasteiger partial charge in [0.25, 0.3) is 0 Å². The topological polar surface area (TPSA) is 77.0 Å². The summed E-state index contributed by atoms with van der Waals surface area (Å²) in [7, 11) is 1.42. The Morgan fingerprint density at radius 1 is 1.44 bits per heavy atom. The van der Waals surface area contributed by atoms with Crippen LogP contribution in [-0.4, -0.2) is 12.2 Å². The molecule has 16 heavy (non-hydrogen) atoms. The molecule has 0 spiro atoms. The number of nitrogens with zero attached hydrogens (tertiary/aromatic N) is 2. The van der Waals surface area contributed by atoms with Gasteiger partial charge in [-0.05, 0) is 18.2 Å².